The maximum absolute atomic E-state index is 15.1. The fourth-order valence-corrected chi connectivity index (χ4v) is 6.44. The SMILES string of the molecule is O=C(N1C[CH][C@H](O)C1)N(C[C@@H]1CNC[C@@H]1F)[C@@H](c1nc(-c2cc(F)ccc2F)cn1Cc1ccccc1)C1CCOCC1. The minimum atomic E-state index is -1.12. The van der Waals surface area contributed by atoms with Gasteiger partial charge in [-0.2, -0.15) is 0 Å². The molecule has 8 nitrogen and oxygen atoms in total. The smallest absolute Gasteiger partial charge is 0.320 e. The van der Waals surface area contributed by atoms with Crippen LogP contribution in [-0.2, 0) is 11.3 Å². The third-order valence-corrected chi connectivity index (χ3v) is 8.73. The van der Waals surface area contributed by atoms with Gasteiger partial charge in [-0.1, -0.05) is 30.3 Å². The third-order valence-electron chi connectivity index (χ3n) is 8.73. The van der Waals surface area contributed by atoms with Crippen molar-refractivity contribution in [2.24, 2.45) is 11.8 Å². The molecule has 2 amide bonds. The van der Waals surface area contributed by atoms with Crippen LogP contribution in [0.3, 0.4) is 0 Å². The number of halogens is 3. The summed E-state index contributed by atoms with van der Waals surface area (Å²) in [5, 5.41) is 13.3. The van der Waals surface area contributed by atoms with Crippen LogP contribution in [-0.4, -0.2) is 88.7 Å². The number of hydrogen-bond donors (Lipinski definition) is 2. The van der Waals surface area contributed by atoms with Crippen molar-refractivity contribution in [1.82, 2.24) is 24.7 Å². The molecule has 229 valence electrons. The quantitative estimate of drug-likeness (QED) is 0.408. The Morgan fingerprint density at radius 1 is 1.14 bits per heavy atom. The summed E-state index contributed by atoms with van der Waals surface area (Å²) >= 11 is 0. The van der Waals surface area contributed by atoms with Gasteiger partial charge in [0.15, 0.2) is 0 Å². The van der Waals surface area contributed by atoms with Crippen molar-refractivity contribution >= 4 is 6.03 Å². The minimum absolute atomic E-state index is 0.0257. The summed E-state index contributed by atoms with van der Waals surface area (Å²) in [6.45, 7) is 2.60. The van der Waals surface area contributed by atoms with Gasteiger partial charge in [0, 0.05) is 76.6 Å². The number of aliphatic hydroxyl groups is 1. The zero-order valence-electron chi connectivity index (χ0n) is 23.9. The number of urea groups is 1. The molecule has 2 aromatic carbocycles. The summed E-state index contributed by atoms with van der Waals surface area (Å²) in [7, 11) is 0. The Hall–Kier alpha value is -3.41. The highest BCUT2D eigenvalue weighted by molar-refractivity contribution is 5.76. The molecule has 0 aliphatic carbocycles. The maximum atomic E-state index is 15.1. The van der Waals surface area contributed by atoms with Crippen molar-refractivity contribution in [3.63, 3.8) is 0 Å². The Morgan fingerprint density at radius 2 is 1.93 bits per heavy atom. The molecule has 3 saturated heterocycles. The van der Waals surface area contributed by atoms with E-state index >= 15 is 8.78 Å². The second-order valence-corrected chi connectivity index (χ2v) is 11.7. The second-order valence-electron chi connectivity index (χ2n) is 11.7. The first kappa shape index (κ1) is 29.7. The highest BCUT2D eigenvalue weighted by Crippen LogP contribution is 2.39. The largest absolute Gasteiger partial charge is 0.391 e. The Bertz CT molecular complexity index is 1400. The average Bonchev–Trinajstić information content (AvgIpc) is 3.75. The number of alkyl halides is 1. The lowest BCUT2D eigenvalue weighted by Crippen LogP contribution is -2.50. The van der Waals surface area contributed by atoms with Crippen LogP contribution in [0.2, 0.25) is 0 Å². The number of aliphatic hydroxyl groups excluding tert-OH is 1. The molecular formula is C32H37F3N5O3. The number of carbonyl (C=O) groups excluding carboxylic acids is 1. The molecule has 11 heteroatoms. The van der Waals surface area contributed by atoms with Gasteiger partial charge in [-0.15, -0.1) is 0 Å². The molecule has 2 N–H and O–H groups in total. The summed E-state index contributed by atoms with van der Waals surface area (Å²) in [5.41, 5.74) is 1.25. The molecule has 43 heavy (non-hydrogen) atoms. The van der Waals surface area contributed by atoms with Gasteiger partial charge in [0.25, 0.3) is 0 Å². The normalized spacial score (nSPS) is 23.5. The van der Waals surface area contributed by atoms with Crippen LogP contribution < -0.4 is 5.32 Å². The van der Waals surface area contributed by atoms with E-state index in [2.05, 4.69) is 5.32 Å². The molecule has 3 aliphatic heterocycles. The summed E-state index contributed by atoms with van der Waals surface area (Å²) in [6.07, 6.45) is 2.81. The van der Waals surface area contributed by atoms with Crippen LogP contribution in [0.4, 0.5) is 18.0 Å². The zero-order chi connectivity index (χ0) is 29.9. The molecule has 0 spiro atoms. The summed E-state index contributed by atoms with van der Waals surface area (Å²) < 4.78 is 52.0. The van der Waals surface area contributed by atoms with Crippen molar-refractivity contribution in [3.05, 3.63) is 84.2 Å². The lowest BCUT2D eigenvalue weighted by molar-refractivity contribution is 0.0208. The van der Waals surface area contributed by atoms with Crippen molar-refractivity contribution in [1.29, 1.82) is 0 Å². The molecule has 3 fully saturated rings. The van der Waals surface area contributed by atoms with E-state index in [-0.39, 0.29) is 49.4 Å². The first-order chi connectivity index (χ1) is 20.9. The van der Waals surface area contributed by atoms with Crippen LogP contribution in [0.5, 0.6) is 0 Å². The van der Waals surface area contributed by atoms with Gasteiger partial charge < -0.3 is 29.5 Å². The van der Waals surface area contributed by atoms with Crippen LogP contribution in [0.25, 0.3) is 11.3 Å². The van der Waals surface area contributed by atoms with E-state index in [1.165, 1.54) is 0 Å². The molecule has 1 aromatic heterocycles. The standard InChI is InChI=1S/C32H37F3N5O3/c33-24-6-7-27(34)26(14-24)29-20-39(17-21-4-2-1-3-5-21)31(37-29)30(22-9-12-43-13-10-22)40(18-23-15-36-16-28(23)35)32(42)38-11-8-25(41)19-38/h1-8,14,20,22-23,25,28,30,36,41H,9-13,15-19H2/t23-,25-,28-,30+/m0/s1. The van der Waals surface area contributed by atoms with E-state index in [0.717, 1.165) is 23.8 Å². The second kappa shape index (κ2) is 13.1. The number of nitrogens with zero attached hydrogens (tertiary/aromatic N) is 4. The first-order valence-electron chi connectivity index (χ1n) is 14.9. The molecule has 0 saturated carbocycles. The molecule has 0 bridgehead atoms. The highest BCUT2D eigenvalue weighted by Gasteiger charge is 2.42. The monoisotopic (exact) mass is 596 g/mol. The van der Waals surface area contributed by atoms with Gasteiger partial charge >= 0.3 is 6.03 Å². The number of nitrogens with one attached hydrogen (secondary N) is 1. The molecule has 1 radical (unpaired) electrons. The summed E-state index contributed by atoms with van der Waals surface area (Å²) in [4.78, 5) is 22.5. The van der Waals surface area contributed by atoms with Crippen LogP contribution in [0.1, 0.15) is 30.3 Å². The van der Waals surface area contributed by atoms with Crippen molar-refractivity contribution in [2.75, 3.05) is 45.9 Å². The van der Waals surface area contributed by atoms with Crippen molar-refractivity contribution in [2.45, 2.75) is 37.7 Å². The number of imidazole rings is 1. The maximum Gasteiger partial charge on any atom is 0.320 e. The molecule has 4 atom stereocenters. The van der Waals surface area contributed by atoms with Crippen LogP contribution >= 0.6 is 0 Å². The number of rotatable bonds is 8. The van der Waals surface area contributed by atoms with E-state index in [9.17, 15) is 14.3 Å². The Labute approximate surface area is 249 Å². The lowest BCUT2D eigenvalue weighted by Gasteiger charge is -2.41. The number of likely N-dealkylation sites (tertiary alicyclic amines) is 1. The van der Waals surface area contributed by atoms with Gasteiger partial charge in [0.2, 0.25) is 0 Å². The number of β-amino-alcohol motifs (C(OH)–C–C–N with tert-alkyl or cyclic N) is 1. The van der Waals surface area contributed by atoms with E-state index in [4.69, 9.17) is 9.72 Å². The number of benzene rings is 2. The number of aromatic nitrogens is 2. The van der Waals surface area contributed by atoms with Crippen LogP contribution in [0.15, 0.2) is 54.7 Å². The topological polar surface area (TPSA) is 82.9 Å². The average molecular weight is 597 g/mol. The predicted octanol–water partition coefficient (Wildman–Crippen LogP) is 4.20. The highest BCUT2D eigenvalue weighted by atomic mass is 19.1. The number of ether oxygens (including phenoxy) is 1. The third kappa shape index (κ3) is 6.58. The zero-order valence-corrected chi connectivity index (χ0v) is 23.9. The van der Waals surface area contributed by atoms with Gasteiger partial charge in [0.05, 0.1) is 17.8 Å². The van der Waals surface area contributed by atoms with Crippen LogP contribution in [0, 0.1) is 29.9 Å². The number of carbonyl (C=O) groups is 1. The number of amides is 2. The Balaban J connectivity index is 1.48. The van der Waals surface area contributed by atoms with E-state index in [0.29, 0.717) is 45.0 Å². The van der Waals surface area contributed by atoms with Gasteiger partial charge in [0.1, 0.15) is 23.6 Å². The number of hydrogen-bond acceptors (Lipinski definition) is 5. The fourth-order valence-electron chi connectivity index (χ4n) is 6.44. The summed E-state index contributed by atoms with van der Waals surface area (Å²) in [6, 6.07) is 12.1. The Kier molecular flexibility index (Phi) is 9.01. The first-order valence-corrected chi connectivity index (χ1v) is 14.9. The van der Waals surface area contributed by atoms with Gasteiger partial charge in [-0.3, -0.25) is 0 Å². The predicted molar refractivity (Wildman–Crippen MR) is 155 cm³/mol. The molecule has 4 heterocycles. The molecule has 3 aliphatic rings. The summed E-state index contributed by atoms with van der Waals surface area (Å²) in [5.74, 6) is -1.18. The molecular weight excluding hydrogens is 559 g/mol. The van der Waals surface area contributed by atoms with E-state index in [1.54, 1.807) is 22.4 Å². The van der Waals surface area contributed by atoms with E-state index < -0.39 is 35.9 Å². The molecule has 6 rings (SSSR count). The van der Waals surface area contributed by atoms with Gasteiger partial charge in [-0.05, 0) is 42.5 Å². The lowest BCUT2D eigenvalue weighted by atomic mass is 9.89. The van der Waals surface area contributed by atoms with Crippen molar-refractivity contribution < 1.29 is 27.8 Å². The van der Waals surface area contributed by atoms with Gasteiger partial charge in [-0.25, -0.2) is 22.9 Å². The fraction of sp³-hybridized carbons (Fsp3) is 0.469. The molecule has 3 aromatic rings. The molecule has 0 unspecified atom stereocenters. The van der Waals surface area contributed by atoms with E-state index in [1.807, 2.05) is 34.9 Å². The Morgan fingerprint density at radius 3 is 2.63 bits per heavy atom. The van der Waals surface area contributed by atoms with Crippen molar-refractivity contribution in [3.8, 4) is 11.3 Å². The minimum Gasteiger partial charge on any atom is -0.391 e.